The van der Waals surface area contributed by atoms with Gasteiger partial charge in [0.1, 0.15) is 5.82 Å². The quantitative estimate of drug-likeness (QED) is 0.820. The number of amides is 2. The van der Waals surface area contributed by atoms with Gasteiger partial charge in [-0.15, -0.1) is 6.58 Å². The van der Waals surface area contributed by atoms with Crippen molar-refractivity contribution in [2.24, 2.45) is 5.92 Å². The Bertz CT molecular complexity index is 822. The van der Waals surface area contributed by atoms with Gasteiger partial charge in [-0.2, -0.15) is 0 Å². The molecule has 0 aromatic heterocycles. The first kappa shape index (κ1) is 18.8. The first-order valence-corrected chi connectivity index (χ1v) is 9.11. The Morgan fingerprint density at radius 1 is 1.11 bits per heavy atom. The molecule has 27 heavy (non-hydrogen) atoms. The van der Waals surface area contributed by atoms with Gasteiger partial charge >= 0.3 is 0 Å². The van der Waals surface area contributed by atoms with E-state index in [0.717, 1.165) is 5.56 Å². The highest BCUT2D eigenvalue weighted by Crippen LogP contribution is 2.34. The Kier molecular flexibility index (Phi) is 6.01. The van der Waals surface area contributed by atoms with Crippen LogP contribution >= 0.6 is 0 Å². The largest absolute Gasteiger partial charge is 0.352 e. The number of carbonyl (C=O) groups is 2. The molecule has 1 aliphatic rings. The van der Waals surface area contributed by atoms with Crippen LogP contribution < -0.4 is 5.32 Å². The number of halogens is 1. The predicted molar refractivity (Wildman–Crippen MR) is 103 cm³/mol. The predicted octanol–water partition coefficient (Wildman–Crippen LogP) is 3.72. The second kappa shape index (κ2) is 8.62. The Morgan fingerprint density at radius 2 is 1.81 bits per heavy atom. The van der Waals surface area contributed by atoms with Gasteiger partial charge in [0.2, 0.25) is 5.91 Å². The van der Waals surface area contributed by atoms with E-state index in [4.69, 9.17) is 0 Å². The van der Waals surface area contributed by atoms with E-state index in [1.807, 2.05) is 30.3 Å². The number of carbonyl (C=O) groups excluding carboxylic acids is 2. The number of rotatable bonds is 5. The molecular formula is C22H23FN2O2. The minimum atomic E-state index is -0.549. The minimum absolute atomic E-state index is 0.0329. The van der Waals surface area contributed by atoms with Crippen molar-refractivity contribution in [3.05, 3.63) is 84.2 Å². The molecule has 1 fully saturated rings. The third-order valence-electron chi connectivity index (χ3n) is 4.92. The molecule has 1 N–H and O–H groups in total. The van der Waals surface area contributed by atoms with Gasteiger partial charge in [0.25, 0.3) is 5.91 Å². The summed E-state index contributed by atoms with van der Waals surface area (Å²) in [5.74, 6) is -1.36. The van der Waals surface area contributed by atoms with Crippen molar-refractivity contribution in [3.8, 4) is 0 Å². The molecule has 0 unspecified atom stereocenters. The second-order valence-electron chi connectivity index (χ2n) is 6.67. The lowest BCUT2D eigenvalue weighted by atomic mass is 9.87. The molecule has 1 heterocycles. The number of hydrogen-bond acceptors (Lipinski definition) is 2. The van der Waals surface area contributed by atoms with E-state index in [1.54, 1.807) is 23.1 Å². The maximum absolute atomic E-state index is 14.2. The van der Waals surface area contributed by atoms with Crippen molar-refractivity contribution < 1.29 is 14.0 Å². The highest BCUT2D eigenvalue weighted by molar-refractivity contribution is 5.95. The lowest BCUT2D eigenvalue weighted by Gasteiger charge is -2.39. The summed E-state index contributed by atoms with van der Waals surface area (Å²) in [6, 6.07) is 15.5. The number of hydrogen-bond donors (Lipinski definition) is 1. The van der Waals surface area contributed by atoms with Gasteiger partial charge in [-0.25, -0.2) is 4.39 Å². The maximum atomic E-state index is 14.2. The van der Waals surface area contributed by atoms with Crippen molar-refractivity contribution in [3.63, 3.8) is 0 Å². The molecule has 2 amide bonds. The van der Waals surface area contributed by atoms with Crippen molar-refractivity contribution >= 4 is 11.8 Å². The van der Waals surface area contributed by atoms with Crippen molar-refractivity contribution in [1.82, 2.24) is 10.2 Å². The zero-order valence-electron chi connectivity index (χ0n) is 15.1. The summed E-state index contributed by atoms with van der Waals surface area (Å²) in [5, 5.41) is 2.80. The Balaban J connectivity index is 1.89. The number of nitrogens with one attached hydrogen (secondary N) is 1. The van der Waals surface area contributed by atoms with Crippen LogP contribution in [-0.2, 0) is 4.79 Å². The fourth-order valence-corrected chi connectivity index (χ4v) is 3.54. The first-order chi connectivity index (χ1) is 13.1. The standard InChI is InChI=1S/C22H23FN2O2/c1-2-14-24-21(26)17-12-13-20(16-8-4-3-5-9-16)25(15-17)22(27)18-10-6-7-11-19(18)23/h2-11,17,20H,1,12-15H2,(H,24,26)/t17-,20+/m1/s1. The highest BCUT2D eigenvalue weighted by atomic mass is 19.1. The van der Waals surface area contributed by atoms with E-state index in [1.165, 1.54) is 12.1 Å². The van der Waals surface area contributed by atoms with E-state index < -0.39 is 5.82 Å². The van der Waals surface area contributed by atoms with Gasteiger partial charge in [0.05, 0.1) is 17.5 Å². The average Bonchev–Trinajstić information content (AvgIpc) is 2.72. The van der Waals surface area contributed by atoms with Crippen LogP contribution in [0.2, 0.25) is 0 Å². The Labute approximate surface area is 158 Å². The van der Waals surface area contributed by atoms with E-state index in [2.05, 4.69) is 11.9 Å². The van der Waals surface area contributed by atoms with E-state index in [9.17, 15) is 14.0 Å². The van der Waals surface area contributed by atoms with Crippen molar-refractivity contribution in [2.75, 3.05) is 13.1 Å². The maximum Gasteiger partial charge on any atom is 0.257 e. The fraction of sp³-hybridized carbons (Fsp3) is 0.273. The average molecular weight is 366 g/mol. The van der Waals surface area contributed by atoms with Crippen LogP contribution in [0.15, 0.2) is 67.3 Å². The van der Waals surface area contributed by atoms with Gasteiger partial charge in [-0.05, 0) is 30.5 Å². The molecular weight excluding hydrogens is 343 g/mol. The topological polar surface area (TPSA) is 49.4 Å². The van der Waals surface area contributed by atoms with E-state index in [-0.39, 0.29) is 35.9 Å². The SMILES string of the molecule is C=CCNC(=O)[C@@H]1CC[C@@H](c2ccccc2)N(C(=O)c2ccccc2F)C1. The molecule has 1 saturated heterocycles. The molecule has 0 spiro atoms. The summed E-state index contributed by atoms with van der Waals surface area (Å²) in [5.41, 5.74) is 1.03. The molecule has 5 heteroatoms. The van der Waals surface area contributed by atoms with Crippen LogP contribution in [0.4, 0.5) is 4.39 Å². The minimum Gasteiger partial charge on any atom is -0.352 e. The van der Waals surface area contributed by atoms with Crippen molar-refractivity contribution in [1.29, 1.82) is 0 Å². The summed E-state index contributed by atoms with van der Waals surface area (Å²) in [6.45, 7) is 4.25. The summed E-state index contributed by atoms with van der Waals surface area (Å²) in [7, 11) is 0. The number of benzene rings is 2. The number of nitrogens with zero attached hydrogens (tertiary/aromatic N) is 1. The van der Waals surface area contributed by atoms with Gasteiger partial charge in [-0.3, -0.25) is 9.59 Å². The molecule has 2 atom stereocenters. The summed E-state index contributed by atoms with van der Waals surface area (Å²) in [4.78, 5) is 27.2. The first-order valence-electron chi connectivity index (χ1n) is 9.11. The summed E-state index contributed by atoms with van der Waals surface area (Å²) in [6.07, 6.45) is 2.94. The van der Waals surface area contributed by atoms with Gasteiger partial charge in [-0.1, -0.05) is 48.5 Å². The number of piperidine rings is 1. The molecule has 2 aromatic carbocycles. The van der Waals surface area contributed by atoms with Crippen LogP contribution in [-0.4, -0.2) is 29.8 Å². The van der Waals surface area contributed by atoms with Crippen molar-refractivity contribution in [2.45, 2.75) is 18.9 Å². The lowest BCUT2D eigenvalue weighted by molar-refractivity contribution is -0.126. The number of likely N-dealkylation sites (tertiary alicyclic amines) is 1. The van der Waals surface area contributed by atoms with Gasteiger partial charge < -0.3 is 10.2 Å². The fourth-order valence-electron chi connectivity index (χ4n) is 3.54. The van der Waals surface area contributed by atoms with Crippen LogP contribution in [0.25, 0.3) is 0 Å². The van der Waals surface area contributed by atoms with Crippen LogP contribution in [0.1, 0.15) is 34.8 Å². The molecule has 3 rings (SSSR count). The molecule has 0 saturated carbocycles. The van der Waals surface area contributed by atoms with Crippen LogP contribution in [0.5, 0.6) is 0 Å². The Hall–Kier alpha value is -2.95. The summed E-state index contributed by atoms with van der Waals surface area (Å²) < 4.78 is 14.2. The van der Waals surface area contributed by atoms with Gasteiger partial charge in [0, 0.05) is 13.1 Å². The Morgan fingerprint density at radius 3 is 2.52 bits per heavy atom. The smallest absolute Gasteiger partial charge is 0.257 e. The zero-order valence-corrected chi connectivity index (χ0v) is 15.1. The van der Waals surface area contributed by atoms with Crippen LogP contribution in [0.3, 0.4) is 0 Å². The molecule has 4 nitrogen and oxygen atoms in total. The molecule has 0 bridgehead atoms. The normalized spacial score (nSPS) is 19.4. The third kappa shape index (κ3) is 4.25. The van der Waals surface area contributed by atoms with Crippen LogP contribution in [0, 0.1) is 11.7 Å². The summed E-state index contributed by atoms with van der Waals surface area (Å²) >= 11 is 0. The zero-order chi connectivity index (χ0) is 19.2. The van der Waals surface area contributed by atoms with E-state index in [0.29, 0.717) is 19.4 Å². The third-order valence-corrected chi connectivity index (χ3v) is 4.92. The lowest BCUT2D eigenvalue weighted by Crippen LogP contribution is -2.47. The van der Waals surface area contributed by atoms with E-state index >= 15 is 0 Å². The molecule has 2 aromatic rings. The molecule has 0 radical (unpaired) electrons. The molecule has 140 valence electrons. The highest BCUT2D eigenvalue weighted by Gasteiger charge is 2.36. The molecule has 1 aliphatic heterocycles. The second-order valence-corrected chi connectivity index (χ2v) is 6.67. The van der Waals surface area contributed by atoms with Gasteiger partial charge in [0.15, 0.2) is 0 Å². The molecule has 0 aliphatic carbocycles. The monoisotopic (exact) mass is 366 g/mol.